The number of nitrogens with two attached hydrogens (primary N) is 1. The van der Waals surface area contributed by atoms with Gasteiger partial charge < -0.3 is 20.7 Å². The molecule has 1 saturated heterocycles. The van der Waals surface area contributed by atoms with Crippen molar-refractivity contribution in [1.82, 2.24) is 19.7 Å². The molecule has 1 aliphatic heterocycles. The van der Waals surface area contributed by atoms with Gasteiger partial charge in [-0.15, -0.1) is 0 Å². The molecule has 4 N–H and O–H groups in total. The van der Waals surface area contributed by atoms with Crippen LogP contribution < -0.4 is 10.5 Å². The Hall–Kier alpha value is -3.46. The smallest absolute Gasteiger partial charge is 0.127 e. The number of anilines is 1. The van der Waals surface area contributed by atoms with Gasteiger partial charge in [-0.3, -0.25) is 14.6 Å². The Morgan fingerprint density at radius 2 is 1.75 bits per heavy atom. The highest BCUT2D eigenvalue weighted by Crippen LogP contribution is 2.36. The van der Waals surface area contributed by atoms with Crippen LogP contribution in [0.4, 0.5) is 5.69 Å². The fraction of sp³-hybridized carbons (Fsp3) is 0.250. The Morgan fingerprint density at radius 3 is 2.47 bits per heavy atom. The van der Waals surface area contributed by atoms with E-state index in [-0.39, 0.29) is 12.6 Å². The number of hydrogen-bond acceptors (Lipinski definition) is 7. The van der Waals surface area contributed by atoms with E-state index in [1.54, 1.807) is 12.4 Å². The molecule has 3 heterocycles. The molecule has 1 aliphatic rings. The molecule has 5 rings (SSSR count). The van der Waals surface area contributed by atoms with E-state index in [0.29, 0.717) is 12.2 Å². The Bertz CT molecular complexity index is 1200. The third-order valence-electron chi connectivity index (χ3n) is 5.72. The van der Waals surface area contributed by atoms with Crippen LogP contribution in [-0.4, -0.2) is 62.2 Å². The molecule has 0 aliphatic carbocycles. The average molecular weight is 431 g/mol. The van der Waals surface area contributed by atoms with Gasteiger partial charge in [0.2, 0.25) is 0 Å². The van der Waals surface area contributed by atoms with Gasteiger partial charge in [0.25, 0.3) is 0 Å². The molecular weight excluding hydrogens is 406 g/mol. The monoisotopic (exact) mass is 431 g/mol. The fourth-order valence-electron chi connectivity index (χ4n) is 4.10. The van der Waals surface area contributed by atoms with Gasteiger partial charge in [-0.25, -0.2) is 0 Å². The number of benzene rings is 2. The lowest BCUT2D eigenvalue weighted by atomic mass is 10.1. The van der Waals surface area contributed by atoms with E-state index in [1.165, 1.54) is 0 Å². The van der Waals surface area contributed by atoms with Crippen LogP contribution in [0, 0.1) is 0 Å². The number of nitrogens with zero attached hydrogens (tertiary/aromatic N) is 4. The first-order valence-electron chi connectivity index (χ1n) is 10.6. The van der Waals surface area contributed by atoms with Crippen molar-refractivity contribution in [1.29, 1.82) is 0 Å². The van der Waals surface area contributed by atoms with Crippen LogP contribution in [0.3, 0.4) is 0 Å². The first-order chi connectivity index (χ1) is 15.6. The Morgan fingerprint density at radius 1 is 1.03 bits per heavy atom. The molecular formula is C24H25N5O3. The number of nitrogen functional groups attached to an aromatic ring is 1. The number of likely N-dealkylation sites (tertiary alicyclic amines) is 1. The van der Waals surface area contributed by atoms with E-state index in [0.717, 1.165) is 46.7 Å². The highest BCUT2D eigenvalue weighted by molar-refractivity contribution is 6.01. The molecule has 32 heavy (non-hydrogen) atoms. The molecule has 0 saturated carbocycles. The minimum absolute atomic E-state index is 0.154. The summed E-state index contributed by atoms with van der Waals surface area (Å²) in [5.41, 5.74) is 9.52. The number of fused-ring (bicyclic) bond motifs is 1. The summed E-state index contributed by atoms with van der Waals surface area (Å²) in [6, 6.07) is 17.6. The van der Waals surface area contributed by atoms with Crippen LogP contribution in [0.25, 0.3) is 22.2 Å². The Kier molecular flexibility index (Phi) is 5.48. The zero-order valence-corrected chi connectivity index (χ0v) is 17.5. The number of para-hydroxylation sites is 1. The quantitative estimate of drug-likeness (QED) is 0.413. The summed E-state index contributed by atoms with van der Waals surface area (Å²) >= 11 is 0. The molecule has 4 aromatic rings. The zero-order chi connectivity index (χ0) is 22.1. The zero-order valence-electron chi connectivity index (χ0n) is 17.5. The molecule has 0 unspecified atom stereocenters. The molecule has 2 aromatic heterocycles. The summed E-state index contributed by atoms with van der Waals surface area (Å²) in [5, 5.41) is 24.5. The first kappa shape index (κ1) is 20.4. The van der Waals surface area contributed by atoms with Crippen LogP contribution in [0.5, 0.6) is 11.5 Å². The standard InChI is InChI=1S/C24H25N5O3/c25-21-10-26-11-22-23(21)24(27-29(22)17-12-28(13-17)14-18(31)15-30)16-6-8-20(9-7-16)32-19-4-2-1-3-5-19/h1-11,17-18,30-31H,12-15,25H2/t18-/m0/s1. The minimum atomic E-state index is -0.727. The highest BCUT2D eigenvalue weighted by Gasteiger charge is 2.32. The molecule has 0 spiro atoms. The number of hydrogen-bond donors (Lipinski definition) is 3. The number of β-amino-alcohol motifs (C(OH)–C–C–N with tert-alkyl or cyclic N) is 1. The molecule has 1 atom stereocenters. The predicted octanol–water partition coefficient (Wildman–Crippen LogP) is 2.68. The summed E-state index contributed by atoms with van der Waals surface area (Å²) < 4.78 is 7.88. The van der Waals surface area contributed by atoms with Crippen molar-refractivity contribution in [3.8, 4) is 22.8 Å². The second-order valence-electron chi connectivity index (χ2n) is 8.06. The number of rotatable bonds is 7. The van der Waals surface area contributed by atoms with Crippen molar-refractivity contribution in [2.24, 2.45) is 0 Å². The summed E-state index contributed by atoms with van der Waals surface area (Å²) in [6.07, 6.45) is 2.71. The second-order valence-corrected chi connectivity index (χ2v) is 8.06. The Labute approximate surface area is 185 Å². The topological polar surface area (TPSA) is 110 Å². The van der Waals surface area contributed by atoms with Gasteiger partial charge in [0.05, 0.1) is 47.7 Å². The SMILES string of the molecule is Nc1cncc2c1c(-c1ccc(Oc3ccccc3)cc1)nn2C1CN(C[C@H](O)CO)C1. The lowest BCUT2D eigenvalue weighted by molar-refractivity contribution is 0.0164. The number of pyridine rings is 1. The number of aliphatic hydroxyl groups is 2. The number of ether oxygens (including phenoxy) is 1. The van der Waals surface area contributed by atoms with E-state index < -0.39 is 6.10 Å². The molecule has 2 aromatic carbocycles. The van der Waals surface area contributed by atoms with Gasteiger partial charge in [0.15, 0.2) is 0 Å². The van der Waals surface area contributed by atoms with Gasteiger partial charge in [0.1, 0.15) is 17.2 Å². The Balaban J connectivity index is 1.42. The summed E-state index contributed by atoms with van der Waals surface area (Å²) in [6.45, 7) is 1.70. The lowest BCUT2D eigenvalue weighted by Crippen LogP contribution is -2.51. The molecule has 1 fully saturated rings. The number of aliphatic hydroxyl groups excluding tert-OH is 2. The normalized spacial score (nSPS) is 15.6. The fourth-order valence-corrected chi connectivity index (χ4v) is 4.10. The van der Waals surface area contributed by atoms with Gasteiger partial charge in [-0.2, -0.15) is 5.10 Å². The van der Waals surface area contributed by atoms with Gasteiger partial charge in [0, 0.05) is 25.2 Å². The van der Waals surface area contributed by atoms with E-state index in [9.17, 15) is 5.11 Å². The maximum atomic E-state index is 9.68. The van der Waals surface area contributed by atoms with Crippen molar-refractivity contribution >= 4 is 16.6 Å². The number of aromatic nitrogens is 3. The van der Waals surface area contributed by atoms with Crippen LogP contribution >= 0.6 is 0 Å². The average Bonchev–Trinajstić information content (AvgIpc) is 3.17. The molecule has 164 valence electrons. The largest absolute Gasteiger partial charge is 0.457 e. The molecule has 0 radical (unpaired) electrons. The van der Waals surface area contributed by atoms with E-state index in [2.05, 4.69) is 9.88 Å². The predicted molar refractivity (Wildman–Crippen MR) is 122 cm³/mol. The van der Waals surface area contributed by atoms with E-state index in [4.69, 9.17) is 20.7 Å². The molecule has 8 heteroatoms. The third-order valence-corrected chi connectivity index (χ3v) is 5.72. The van der Waals surface area contributed by atoms with Crippen LogP contribution in [-0.2, 0) is 0 Å². The lowest BCUT2D eigenvalue weighted by Gasteiger charge is -2.40. The van der Waals surface area contributed by atoms with Gasteiger partial charge in [-0.1, -0.05) is 18.2 Å². The van der Waals surface area contributed by atoms with E-state index >= 15 is 0 Å². The van der Waals surface area contributed by atoms with Crippen LogP contribution in [0.2, 0.25) is 0 Å². The van der Waals surface area contributed by atoms with Crippen molar-refractivity contribution in [3.05, 3.63) is 67.0 Å². The summed E-state index contributed by atoms with van der Waals surface area (Å²) in [4.78, 5) is 6.36. The maximum absolute atomic E-state index is 9.68. The van der Waals surface area contributed by atoms with Crippen molar-refractivity contribution < 1.29 is 14.9 Å². The maximum Gasteiger partial charge on any atom is 0.127 e. The van der Waals surface area contributed by atoms with Crippen molar-refractivity contribution in [2.45, 2.75) is 12.1 Å². The molecule has 0 amide bonds. The van der Waals surface area contributed by atoms with Crippen molar-refractivity contribution in [3.63, 3.8) is 0 Å². The third kappa shape index (κ3) is 3.91. The first-order valence-corrected chi connectivity index (χ1v) is 10.6. The van der Waals surface area contributed by atoms with Gasteiger partial charge in [-0.05, 0) is 36.4 Å². The second kappa shape index (κ2) is 8.58. The molecule has 8 nitrogen and oxygen atoms in total. The van der Waals surface area contributed by atoms with Crippen LogP contribution in [0.1, 0.15) is 6.04 Å². The summed E-state index contributed by atoms with van der Waals surface area (Å²) in [5.74, 6) is 1.53. The van der Waals surface area contributed by atoms with E-state index in [1.807, 2.05) is 59.3 Å². The van der Waals surface area contributed by atoms with Crippen molar-refractivity contribution in [2.75, 3.05) is 32.0 Å². The summed E-state index contributed by atoms with van der Waals surface area (Å²) in [7, 11) is 0. The minimum Gasteiger partial charge on any atom is -0.457 e. The molecule has 0 bridgehead atoms. The highest BCUT2D eigenvalue weighted by atomic mass is 16.5. The van der Waals surface area contributed by atoms with Gasteiger partial charge >= 0.3 is 0 Å². The van der Waals surface area contributed by atoms with Crippen LogP contribution in [0.15, 0.2) is 67.0 Å².